The van der Waals surface area contributed by atoms with Crippen LogP contribution in [0.15, 0.2) is 42.5 Å². The average molecular weight is 253 g/mol. The van der Waals surface area contributed by atoms with Crippen molar-refractivity contribution in [1.82, 2.24) is 9.97 Å². The molecular weight excluding hydrogens is 241 g/mol. The quantitative estimate of drug-likeness (QED) is 0.723. The third-order valence-corrected chi connectivity index (χ3v) is 3.04. The molecule has 0 atom stereocenters. The number of nitrogen functional groups attached to an aromatic ring is 1. The van der Waals surface area contributed by atoms with Crippen molar-refractivity contribution < 1.29 is 4.39 Å². The third-order valence-electron chi connectivity index (χ3n) is 3.04. The lowest BCUT2D eigenvalue weighted by atomic mass is 10.1. The average Bonchev–Trinajstić information content (AvgIpc) is 2.41. The van der Waals surface area contributed by atoms with Gasteiger partial charge >= 0.3 is 0 Å². The van der Waals surface area contributed by atoms with Crippen LogP contribution in [0.1, 0.15) is 5.69 Å². The summed E-state index contributed by atoms with van der Waals surface area (Å²) in [5.41, 5.74) is 9.44. The zero-order chi connectivity index (χ0) is 13.4. The molecule has 0 aliphatic carbocycles. The Labute approximate surface area is 109 Å². The molecule has 1 aromatic carbocycles. The highest BCUT2D eigenvalue weighted by Gasteiger charge is 2.05. The maximum Gasteiger partial charge on any atom is 0.123 e. The van der Waals surface area contributed by atoms with E-state index in [4.69, 9.17) is 5.73 Å². The van der Waals surface area contributed by atoms with E-state index in [-0.39, 0.29) is 5.82 Å². The summed E-state index contributed by atoms with van der Waals surface area (Å²) in [5.74, 6) is -0.261. The van der Waals surface area contributed by atoms with Crippen LogP contribution in [0.2, 0.25) is 0 Å². The van der Waals surface area contributed by atoms with Crippen LogP contribution in [-0.4, -0.2) is 9.97 Å². The van der Waals surface area contributed by atoms with Crippen LogP contribution < -0.4 is 5.73 Å². The molecule has 0 aliphatic heterocycles. The van der Waals surface area contributed by atoms with Crippen molar-refractivity contribution in [3.8, 4) is 11.4 Å². The Morgan fingerprint density at radius 3 is 2.47 bits per heavy atom. The molecule has 0 spiro atoms. The minimum absolute atomic E-state index is 0.261. The molecule has 0 fully saturated rings. The molecule has 0 amide bonds. The lowest BCUT2D eigenvalue weighted by Gasteiger charge is -2.05. The van der Waals surface area contributed by atoms with Gasteiger partial charge < -0.3 is 5.73 Å². The normalized spacial score (nSPS) is 10.8. The van der Waals surface area contributed by atoms with Crippen molar-refractivity contribution in [3.63, 3.8) is 0 Å². The molecule has 3 aromatic rings. The van der Waals surface area contributed by atoms with Gasteiger partial charge in [0.25, 0.3) is 0 Å². The highest BCUT2D eigenvalue weighted by atomic mass is 19.1. The predicted octanol–water partition coefficient (Wildman–Crippen LogP) is 3.33. The Morgan fingerprint density at radius 2 is 1.68 bits per heavy atom. The van der Waals surface area contributed by atoms with Crippen molar-refractivity contribution >= 4 is 16.6 Å². The van der Waals surface area contributed by atoms with E-state index in [1.54, 1.807) is 6.07 Å². The maximum atomic E-state index is 13.1. The summed E-state index contributed by atoms with van der Waals surface area (Å²) < 4.78 is 13.1. The maximum absolute atomic E-state index is 13.1. The van der Waals surface area contributed by atoms with Crippen LogP contribution in [0.25, 0.3) is 22.3 Å². The second-order valence-electron chi connectivity index (χ2n) is 4.40. The van der Waals surface area contributed by atoms with Gasteiger partial charge in [-0.25, -0.2) is 14.4 Å². The number of halogens is 1. The van der Waals surface area contributed by atoms with E-state index in [1.807, 2.05) is 31.2 Å². The minimum Gasteiger partial charge on any atom is -0.397 e. The van der Waals surface area contributed by atoms with E-state index in [0.29, 0.717) is 5.69 Å². The topological polar surface area (TPSA) is 51.8 Å². The van der Waals surface area contributed by atoms with E-state index in [2.05, 4.69) is 9.97 Å². The van der Waals surface area contributed by atoms with Gasteiger partial charge in [0.2, 0.25) is 0 Å². The summed E-state index contributed by atoms with van der Waals surface area (Å²) in [4.78, 5) is 8.89. The van der Waals surface area contributed by atoms with E-state index < -0.39 is 0 Å². The summed E-state index contributed by atoms with van der Waals surface area (Å²) in [7, 11) is 0. The van der Waals surface area contributed by atoms with Gasteiger partial charge in [0.1, 0.15) is 5.82 Å². The van der Waals surface area contributed by atoms with E-state index in [1.165, 1.54) is 12.1 Å². The molecule has 2 N–H and O–H groups in total. The second-order valence-corrected chi connectivity index (χ2v) is 4.40. The summed E-state index contributed by atoms with van der Waals surface area (Å²) >= 11 is 0. The van der Waals surface area contributed by atoms with Gasteiger partial charge in [-0.1, -0.05) is 6.07 Å². The summed E-state index contributed by atoms with van der Waals surface area (Å²) in [5, 5.41) is 0.774. The first kappa shape index (κ1) is 11.6. The molecule has 2 heterocycles. The number of hydrogen-bond acceptors (Lipinski definition) is 3. The number of anilines is 1. The summed E-state index contributed by atoms with van der Waals surface area (Å²) in [6.07, 6.45) is 0. The number of aryl methyl sites for hydroxylation is 1. The highest BCUT2D eigenvalue weighted by molar-refractivity contribution is 5.81. The lowest BCUT2D eigenvalue weighted by molar-refractivity contribution is 0.629. The fraction of sp³-hybridized carbons (Fsp3) is 0.0667. The van der Waals surface area contributed by atoms with Crippen LogP contribution in [0, 0.1) is 12.7 Å². The van der Waals surface area contributed by atoms with Crippen molar-refractivity contribution in [3.05, 3.63) is 54.0 Å². The van der Waals surface area contributed by atoms with Crippen LogP contribution in [0.4, 0.5) is 10.1 Å². The molecule has 0 bridgehead atoms. The van der Waals surface area contributed by atoms with Crippen molar-refractivity contribution in [2.24, 2.45) is 0 Å². The molecule has 0 unspecified atom stereocenters. The van der Waals surface area contributed by atoms with Gasteiger partial charge in [-0.2, -0.15) is 0 Å². The number of benzene rings is 1. The first-order valence-corrected chi connectivity index (χ1v) is 5.93. The first-order chi connectivity index (χ1) is 9.13. The molecule has 0 aliphatic rings. The second kappa shape index (κ2) is 4.31. The molecule has 4 heteroatoms. The monoisotopic (exact) mass is 253 g/mol. The van der Waals surface area contributed by atoms with Crippen LogP contribution >= 0.6 is 0 Å². The van der Waals surface area contributed by atoms with Gasteiger partial charge in [0, 0.05) is 5.39 Å². The lowest BCUT2D eigenvalue weighted by Crippen LogP contribution is -1.95. The number of aromatic nitrogens is 2. The number of nitrogens with two attached hydrogens (primary N) is 1. The molecule has 3 nitrogen and oxygen atoms in total. The molecule has 3 rings (SSSR count). The third kappa shape index (κ3) is 2.12. The van der Waals surface area contributed by atoms with Crippen molar-refractivity contribution in [2.45, 2.75) is 6.92 Å². The van der Waals surface area contributed by atoms with E-state index in [0.717, 1.165) is 28.0 Å². The fourth-order valence-corrected chi connectivity index (χ4v) is 1.95. The standard InChI is InChI=1S/C15H12FN3/c1-9-12(17)4-7-14(18-9)15-5-2-10-8-11(16)3-6-13(10)19-15/h2-8H,17H2,1H3. The molecule has 0 saturated heterocycles. The largest absolute Gasteiger partial charge is 0.397 e. The smallest absolute Gasteiger partial charge is 0.123 e. The predicted molar refractivity (Wildman–Crippen MR) is 74.1 cm³/mol. The van der Waals surface area contributed by atoms with Crippen molar-refractivity contribution in [2.75, 3.05) is 5.73 Å². The molecule has 0 saturated carbocycles. The van der Waals surface area contributed by atoms with E-state index >= 15 is 0 Å². The number of nitrogens with zero attached hydrogens (tertiary/aromatic N) is 2. The Kier molecular flexibility index (Phi) is 2.63. The fourth-order valence-electron chi connectivity index (χ4n) is 1.95. The molecule has 0 radical (unpaired) electrons. The number of pyridine rings is 2. The van der Waals surface area contributed by atoms with Crippen LogP contribution in [0.3, 0.4) is 0 Å². The van der Waals surface area contributed by atoms with Gasteiger partial charge in [-0.15, -0.1) is 0 Å². The Hall–Kier alpha value is -2.49. The molecular formula is C15H12FN3. The zero-order valence-electron chi connectivity index (χ0n) is 10.4. The van der Waals surface area contributed by atoms with Crippen LogP contribution in [-0.2, 0) is 0 Å². The Morgan fingerprint density at radius 1 is 0.947 bits per heavy atom. The van der Waals surface area contributed by atoms with Gasteiger partial charge in [-0.05, 0) is 43.3 Å². The number of fused-ring (bicyclic) bond motifs is 1. The van der Waals surface area contributed by atoms with Gasteiger partial charge in [0.15, 0.2) is 0 Å². The summed E-state index contributed by atoms with van der Waals surface area (Å²) in [6, 6.07) is 11.9. The number of rotatable bonds is 1. The Bertz CT molecular complexity index is 768. The molecule has 19 heavy (non-hydrogen) atoms. The summed E-state index contributed by atoms with van der Waals surface area (Å²) in [6.45, 7) is 1.86. The highest BCUT2D eigenvalue weighted by Crippen LogP contribution is 2.21. The molecule has 94 valence electrons. The molecule has 2 aromatic heterocycles. The van der Waals surface area contributed by atoms with Crippen molar-refractivity contribution in [1.29, 1.82) is 0 Å². The minimum atomic E-state index is -0.261. The first-order valence-electron chi connectivity index (χ1n) is 5.93. The number of hydrogen-bond donors (Lipinski definition) is 1. The SMILES string of the molecule is Cc1nc(-c2ccc3cc(F)ccc3n2)ccc1N. The van der Waals surface area contributed by atoms with Crippen LogP contribution in [0.5, 0.6) is 0 Å². The van der Waals surface area contributed by atoms with Gasteiger partial charge in [-0.3, -0.25) is 0 Å². The Balaban J connectivity index is 2.14. The van der Waals surface area contributed by atoms with Gasteiger partial charge in [0.05, 0.1) is 28.3 Å². The van der Waals surface area contributed by atoms with E-state index in [9.17, 15) is 4.39 Å². The zero-order valence-corrected chi connectivity index (χ0v) is 10.4.